The number of aromatic nitrogens is 3. The monoisotopic (exact) mass is 360 g/mol. The van der Waals surface area contributed by atoms with Gasteiger partial charge >= 0.3 is 0 Å². The number of aryl methyl sites for hydroxylation is 1. The Bertz CT molecular complexity index is 1030. The van der Waals surface area contributed by atoms with Crippen LogP contribution >= 0.6 is 0 Å². The topological polar surface area (TPSA) is 34.0 Å². The maximum Gasteiger partial charge on any atom is 0.123 e. The molecule has 0 aliphatic carbocycles. The number of halogens is 1. The molecule has 5 heteroatoms. The fraction of sp³-hybridized carbons (Fsp3) is 0.182. The van der Waals surface area contributed by atoms with Crippen molar-refractivity contribution in [2.45, 2.75) is 19.6 Å². The highest BCUT2D eigenvalue weighted by Gasteiger charge is 2.14. The standard InChI is InChI=1S/C22H21FN4/c1-26-21-5-3-2-4-20(21)25-22(26)16-27(15-18-10-12-24-13-11-18)14-17-6-8-19(23)9-7-17/h2-13H,14-16H2,1H3. The minimum Gasteiger partial charge on any atom is -0.330 e. The van der Waals surface area contributed by atoms with Crippen molar-refractivity contribution >= 4 is 11.0 Å². The molecule has 0 amide bonds. The zero-order chi connectivity index (χ0) is 18.6. The molecule has 0 radical (unpaired) electrons. The number of hydrogen-bond donors (Lipinski definition) is 0. The van der Waals surface area contributed by atoms with Crippen LogP contribution in [0.25, 0.3) is 11.0 Å². The first-order valence-corrected chi connectivity index (χ1v) is 8.95. The first-order chi connectivity index (χ1) is 13.2. The molecule has 0 saturated heterocycles. The molecule has 4 rings (SSSR count). The summed E-state index contributed by atoms with van der Waals surface area (Å²) in [6.07, 6.45) is 3.61. The largest absolute Gasteiger partial charge is 0.330 e. The van der Waals surface area contributed by atoms with Gasteiger partial charge in [-0.1, -0.05) is 24.3 Å². The van der Waals surface area contributed by atoms with E-state index in [1.807, 2.05) is 49.5 Å². The summed E-state index contributed by atoms with van der Waals surface area (Å²) in [7, 11) is 2.05. The summed E-state index contributed by atoms with van der Waals surface area (Å²) in [6, 6.07) is 18.9. The third kappa shape index (κ3) is 4.04. The van der Waals surface area contributed by atoms with Crippen molar-refractivity contribution in [1.82, 2.24) is 19.4 Å². The van der Waals surface area contributed by atoms with Crippen LogP contribution in [0, 0.1) is 5.82 Å². The van der Waals surface area contributed by atoms with E-state index in [9.17, 15) is 4.39 Å². The number of benzene rings is 2. The second-order valence-electron chi connectivity index (χ2n) is 6.70. The van der Waals surface area contributed by atoms with Crippen LogP contribution in [-0.4, -0.2) is 19.4 Å². The maximum absolute atomic E-state index is 13.3. The molecule has 4 nitrogen and oxygen atoms in total. The number of hydrogen-bond acceptors (Lipinski definition) is 3. The van der Waals surface area contributed by atoms with Gasteiger partial charge in [0, 0.05) is 32.5 Å². The Labute approximate surface area is 157 Å². The van der Waals surface area contributed by atoms with Gasteiger partial charge in [-0.25, -0.2) is 9.37 Å². The number of nitrogens with zero attached hydrogens (tertiary/aromatic N) is 4. The van der Waals surface area contributed by atoms with Gasteiger partial charge in [0.15, 0.2) is 0 Å². The molecule has 0 saturated carbocycles. The zero-order valence-electron chi connectivity index (χ0n) is 15.2. The van der Waals surface area contributed by atoms with Crippen molar-refractivity contribution in [3.63, 3.8) is 0 Å². The Balaban J connectivity index is 1.61. The smallest absolute Gasteiger partial charge is 0.123 e. The highest BCUT2D eigenvalue weighted by Crippen LogP contribution is 2.18. The number of imidazole rings is 1. The van der Waals surface area contributed by atoms with Crippen LogP contribution in [0.1, 0.15) is 17.0 Å². The number of fused-ring (bicyclic) bond motifs is 1. The fourth-order valence-corrected chi connectivity index (χ4v) is 3.30. The van der Waals surface area contributed by atoms with Gasteiger partial charge in [0.1, 0.15) is 11.6 Å². The molecule has 0 aliphatic rings. The lowest BCUT2D eigenvalue weighted by atomic mass is 10.2. The van der Waals surface area contributed by atoms with Crippen LogP contribution in [-0.2, 0) is 26.7 Å². The molecule has 0 spiro atoms. The van der Waals surface area contributed by atoms with Gasteiger partial charge in [0.05, 0.1) is 17.6 Å². The van der Waals surface area contributed by atoms with Gasteiger partial charge in [-0.05, 0) is 47.5 Å². The lowest BCUT2D eigenvalue weighted by molar-refractivity contribution is 0.239. The van der Waals surface area contributed by atoms with Crippen molar-refractivity contribution in [3.8, 4) is 0 Å². The molecule has 27 heavy (non-hydrogen) atoms. The summed E-state index contributed by atoms with van der Waals surface area (Å²) in [5.74, 6) is 0.794. The highest BCUT2D eigenvalue weighted by atomic mass is 19.1. The Morgan fingerprint density at radius 1 is 0.852 bits per heavy atom. The number of para-hydroxylation sites is 2. The molecule has 0 N–H and O–H groups in total. The van der Waals surface area contributed by atoms with E-state index in [-0.39, 0.29) is 5.82 Å². The normalized spacial score (nSPS) is 11.4. The predicted molar refractivity (Wildman–Crippen MR) is 104 cm³/mol. The van der Waals surface area contributed by atoms with Crippen LogP contribution in [0.15, 0.2) is 73.1 Å². The van der Waals surface area contributed by atoms with Crippen molar-refractivity contribution in [1.29, 1.82) is 0 Å². The number of pyridine rings is 1. The fourth-order valence-electron chi connectivity index (χ4n) is 3.30. The summed E-state index contributed by atoms with van der Waals surface area (Å²) >= 11 is 0. The minimum absolute atomic E-state index is 0.213. The zero-order valence-corrected chi connectivity index (χ0v) is 15.2. The SMILES string of the molecule is Cn1c(CN(Cc2ccncc2)Cc2ccc(F)cc2)nc2ccccc21. The van der Waals surface area contributed by atoms with Crippen molar-refractivity contribution in [3.05, 3.63) is 95.8 Å². The van der Waals surface area contributed by atoms with E-state index in [2.05, 4.69) is 20.5 Å². The van der Waals surface area contributed by atoms with Crippen LogP contribution in [0.3, 0.4) is 0 Å². The van der Waals surface area contributed by atoms with Gasteiger partial charge in [-0.3, -0.25) is 9.88 Å². The van der Waals surface area contributed by atoms with E-state index in [0.29, 0.717) is 13.1 Å². The van der Waals surface area contributed by atoms with E-state index < -0.39 is 0 Å². The van der Waals surface area contributed by atoms with Crippen LogP contribution in [0.5, 0.6) is 0 Å². The highest BCUT2D eigenvalue weighted by molar-refractivity contribution is 5.75. The molecule has 2 heterocycles. The van der Waals surface area contributed by atoms with Gasteiger partial charge in [-0.15, -0.1) is 0 Å². The Morgan fingerprint density at radius 2 is 1.52 bits per heavy atom. The molecule has 0 unspecified atom stereocenters. The lowest BCUT2D eigenvalue weighted by Crippen LogP contribution is -2.24. The summed E-state index contributed by atoms with van der Waals surface area (Å²) < 4.78 is 15.4. The molecular weight excluding hydrogens is 339 g/mol. The van der Waals surface area contributed by atoms with E-state index in [1.165, 1.54) is 17.7 Å². The van der Waals surface area contributed by atoms with E-state index in [4.69, 9.17) is 4.98 Å². The second kappa shape index (κ2) is 7.68. The third-order valence-electron chi connectivity index (χ3n) is 4.72. The number of rotatable bonds is 6. The lowest BCUT2D eigenvalue weighted by Gasteiger charge is -2.22. The molecule has 0 aliphatic heterocycles. The molecule has 0 bridgehead atoms. The first kappa shape index (κ1) is 17.4. The van der Waals surface area contributed by atoms with Gasteiger partial charge in [0.25, 0.3) is 0 Å². The van der Waals surface area contributed by atoms with Crippen molar-refractivity contribution in [2.75, 3.05) is 0 Å². The van der Waals surface area contributed by atoms with E-state index in [1.54, 1.807) is 12.4 Å². The van der Waals surface area contributed by atoms with Gasteiger partial charge in [0.2, 0.25) is 0 Å². The Kier molecular flexibility index (Phi) is 4.94. The van der Waals surface area contributed by atoms with Gasteiger partial charge in [-0.2, -0.15) is 0 Å². The predicted octanol–water partition coefficient (Wildman–Crippen LogP) is 4.31. The molecule has 2 aromatic carbocycles. The van der Waals surface area contributed by atoms with Crippen molar-refractivity contribution in [2.24, 2.45) is 7.05 Å². The van der Waals surface area contributed by atoms with E-state index in [0.717, 1.165) is 29.0 Å². The molecule has 0 fully saturated rings. The maximum atomic E-state index is 13.3. The minimum atomic E-state index is -0.213. The Hall–Kier alpha value is -3.05. The first-order valence-electron chi connectivity index (χ1n) is 8.95. The van der Waals surface area contributed by atoms with Crippen LogP contribution < -0.4 is 0 Å². The average Bonchev–Trinajstić information content (AvgIpc) is 3.00. The summed E-state index contributed by atoms with van der Waals surface area (Å²) in [5, 5.41) is 0. The van der Waals surface area contributed by atoms with Crippen LogP contribution in [0.2, 0.25) is 0 Å². The molecule has 2 aromatic heterocycles. The van der Waals surface area contributed by atoms with Crippen LogP contribution in [0.4, 0.5) is 4.39 Å². The molecule has 4 aromatic rings. The Morgan fingerprint density at radius 3 is 2.22 bits per heavy atom. The quantitative estimate of drug-likeness (QED) is 0.514. The van der Waals surface area contributed by atoms with Crippen molar-refractivity contribution < 1.29 is 4.39 Å². The summed E-state index contributed by atoms with van der Waals surface area (Å²) in [6.45, 7) is 2.18. The van der Waals surface area contributed by atoms with Gasteiger partial charge < -0.3 is 4.57 Å². The van der Waals surface area contributed by atoms with E-state index >= 15 is 0 Å². The summed E-state index contributed by atoms with van der Waals surface area (Å²) in [4.78, 5) is 11.2. The molecule has 0 atom stereocenters. The third-order valence-corrected chi connectivity index (χ3v) is 4.72. The summed E-state index contributed by atoms with van der Waals surface area (Å²) in [5.41, 5.74) is 4.38. The molecular formula is C22H21FN4. The average molecular weight is 360 g/mol. The molecule has 136 valence electrons. The second-order valence-corrected chi connectivity index (χ2v) is 6.70.